The summed E-state index contributed by atoms with van der Waals surface area (Å²) in [5.74, 6) is 0.496. The number of allylic oxidation sites excluding steroid dienone is 1. The molecule has 0 fully saturated rings. The van der Waals surface area contributed by atoms with E-state index in [9.17, 15) is 8.42 Å². The van der Waals surface area contributed by atoms with E-state index in [2.05, 4.69) is 0 Å². The van der Waals surface area contributed by atoms with Crippen LogP contribution < -0.4 is 5.73 Å². The van der Waals surface area contributed by atoms with Crippen LogP contribution in [-0.4, -0.2) is 27.3 Å². The van der Waals surface area contributed by atoms with Gasteiger partial charge in [0, 0.05) is 6.54 Å². The lowest BCUT2D eigenvalue weighted by molar-refractivity contribution is 0.225. The highest BCUT2D eigenvalue weighted by molar-refractivity contribution is 7.95. The molecule has 0 bridgehead atoms. The number of hydrogen-bond donors (Lipinski definition) is 1. The smallest absolute Gasteiger partial charge is 0.182 e. The summed E-state index contributed by atoms with van der Waals surface area (Å²) in [6.07, 6.45) is 0. The van der Waals surface area contributed by atoms with Gasteiger partial charge in [0.1, 0.15) is 12.4 Å². The Bertz CT molecular complexity index is 278. The molecule has 1 aliphatic rings. The molecule has 0 atom stereocenters. The maximum atomic E-state index is 11.2. The van der Waals surface area contributed by atoms with Crippen LogP contribution in [0.4, 0.5) is 0 Å². The maximum Gasteiger partial charge on any atom is 0.182 e. The van der Waals surface area contributed by atoms with E-state index in [4.69, 9.17) is 10.5 Å². The van der Waals surface area contributed by atoms with Gasteiger partial charge in [0.25, 0.3) is 0 Å². The predicted octanol–water partition coefficient (Wildman–Crippen LogP) is -0.378. The van der Waals surface area contributed by atoms with E-state index in [1.54, 1.807) is 6.92 Å². The van der Waals surface area contributed by atoms with Crippen molar-refractivity contribution in [1.29, 1.82) is 0 Å². The van der Waals surface area contributed by atoms with Crippen LogP contribution in [0.2, 0.25) is 0 Å². The summed E-state index contributed by atoms with van der Waals surface area (Å²) >= 11 is 0. The fourth-order valence-electron chi connectivity index (χ4n) is 0.998. The van der Waals surface area contributed by atoms with Crippen LogP contribution in [0.3, 0.4) is 0 Å². The topological polar surface area (TPSA) is 69.4 Å². The molecule has 1 heterocycles. The molecule has 0 aliphatic carbocycles. The van der Waals surface area contributed by atoms with Crippen LogP contribution >= 0.6 is 0 Å². The molecule has 0 saturated heterocycles. The third-order valence-corrected chi connectivity index (χ3v) is 3.53. The number of sulfone groups is 1. The van der Waals surface area contributed by atoms with E-state index in [-0.39, 0.29) is 23.8 Å². The summed E-state index contributed by atoms with van der Waals surface area (Å²) in [4.78, 5) is 0.240. The summed E-state index contributed by atoms with van der Waals surface area (Å²) in [6, 6.07) is 0. The highest BCUT2D eigenvalue weighted by atomic mass is 32.2. The van der Waals surface area contributed by atoms with Crippen molar-refractivity contribution in [3.8, 4) is 0 Å². The number of hydrogen-bond acceptors (Lipinski definition) is 4. The van der Waals surface area contributed by atoms with E-state index in [1.807, 2.05) is 0 Å². The average Bonchev–Trinajstić information content (AvgIpc) is 1.86. The van der Waals surface area contributed by atoms with Crippen molar-refractivity contribution in [1.82, 2.24) is 0 Å². The molecule has 1 aliphatic heterocycles. The van der Waals surface area contributed by atoms with E-state index in [0.717, 1.165) is 0 Å². The molecule has 0 radical (unpaired) electrons. The third kappa shape index (κ3) is 1.54. The van der Waals surface area contributed by atoms with Gasteiger partial charge in [-0.25, -0.2) is 8.42 Å². The molecule has 0 spiro atoms. The Labute approximate surface area is 65.9 Å². The van der Waals surface area contributed by atoms with Gasteiger partial charge in [-0.3, -0.25) is 0 Å². The van der Waals surface area contributed by atoms with Gasteiger partial charge in [-0.1, -0.05) is 0 Å². The Morgan fingerprint density at radius 3 is 2.64 bits per heavy atom. The summed E-state index contributed by atoms with van der Waals surface area (Å²) in [5, 5.41) is 0. The van der Waals surface area contributed by atoms with Crippen LogP contribution in [0.15, 0.2) is 10.7 Å². The van der Waals surface area contributed by atoms with E-state index < -0.39 is 9.84 Å². The van der Waals surface area contributed by atoms with Gasteiger partial charge in [-0.05, 0) is 6.92 Å². The van der Waals surface area contributed by atoms with E-state index in [1.165, 1.54) is 0 Å². The minimum Gasteiger partial charge on any atom is -0.496 e. The molecule has 5 heteroatoms. The Morgan fingerprint density at radius 1 is 1.64 bits per heavy atom. The van der Waals surface area contributed by atoms with Crippen molar-refractivity contribution >= 4 is 9.84 Å². The Balaban J connectivity index is 3.12. The van der Waals surface area contributed by atoms with Gasteiger partial charge in [0.15, 0.2) is 9.84 Å². The minimum atomic E-state index is -3.09. The Kier molecular flexibility index (Phi) is 2.20. The van der Waals surface area contributed by atoms with Crippen molar-refractivity contribution in [3.05, 3.63) is 10.7 Å². The summed E-state index contributed by atoms with van der Waals surface area (Å²) in [5.41, 5.74) is 5.25. The molecule has 64 valence electrons. The van der Waals surface area contributed by atoms with Crippen LogP contribution in [0, 0.1) is 0 Å². The Hall–Kier alpha value is -0.550. The van der Waals surface area contributed by atoms with Crippen molar-refractivity contribution in [3.63, 3.8) is 0 Å². The van der Waals surface area contributed by atoms with Gasteiger partial charge in [-0.2, -0.15) is 0 Å². The van der Waals surface area contributed by atoms with Crippen molar-refractivity contribution < 1.29 is 13.2 Å². The zero-order valence-corrected chi connectivity index (χ0v) is 7.15. The van der Waals surface area contributed by atoms with Crippen LogP contribution in [-0.2, 0) is 14.6 Å². The highest BCUT2D eigenvalue weighted by Crippen LogP contribution is 2.17. The largest absolute Gasteiger partial charge is 0.496 e. The zero-order valence-electron chi connectivity index (χ0n) is 6.33. The third-order valence-electron chi connectivity index (χ3n) is 1.62. The maximum absolute atomic E-state index is 11.2. The van der Waals surface area contributed by atoms with Crippen molar-refractivity contribution in [2.75, 3.05) is 18.9 Å². The SMILES string of the molecule is CC1=C(CN)S(=O)(=O)CCO1. The second-order valence-electron chi connectivity index (χ2n) is 2.35. The van der Waals surface area contributed by atoms with Crippen molar-refractivity contribution in [2.24, 2.45) is 5.73 Å². The fraction of sp³-hybridized carbons (Fsp3) is 0.667. The number of ether oxygens (including phenoxy) is 1. The molecule has 0 unspecified atom stereocenters. The first-order valence-electron chi connectivity index (χ1n) is 3.33. The predicted molar refractivity (Wildman–Crippen MR) is 41.5 cm³/mol. The first kappa shape index (κ1) is 8.55. The molecule has 2 N–H and O–H groups in total. The summed E-state index contributed by atoms with van der Waals surface area (Å²) in [7, 11) is -3.09. The van der Waals surface area contributed by atoms with E-state index >= 15 is 0 Å². The van der Waals surface area contributed by atoms with E-state index in [0.29, 0.717) is 5.76 Å². The Morgan fingerprint density at radius 2 is 2.27 bits per heavy atom. The normalized spacial score (nSPS) is 23.1. The number of nitrogens with two attached hydrogens (primary N) is 1. The molecular formula is C6H11NO3S. The zero-order chi connectivity index (χ0) is 8.48. The van der Waals surface area contributed by atoms with Gasteiger partial charge < -0.3 is 10.5 Å². The van der Waals surface area contributed by atoms with Gasteiger partial charge >= 0.3 is 0 Å². The molecule has 0 amide bonds. The molecule has 11 heavy (non-hydrogen) atoms. The minimum absolute atomic E-state index is 0.0359. The van der Waals surface area contributed by atoms with Gasteiger partial charge in [0.05, 0.1) is 10.7 Å². The second kappa shape index (κ2) is 2.83. The van der Waals surface area contributed by atoms with Gasteiger partial charge in [-0.15, -0.1) is 0 Å². The standard InChI is InChI=1S/C6H11NO3S/c1-5-6(4-7)11(8,9)3-2-10-5/h2-4,7H2,1H3. The summed E-state index contributed by atoms with van der Waals surface area (Å²) in [6.45, 7) is 1.91. The first-order valence-corrected chi connectivity index (χ1v) is 4.98. The fourth-order valence-corrected chi connectivity index (χ4v) is 2.30. The molecule has 0 aromatic heterocycles. The molecule has 4 nitrogen and oxygen atoms in total. The first-order chi connectivity index (χ1) is 5.08. The lowest BCUT2D eigenvalue weighted by Crippen LogP contribution is -2.25. The van der Waals surface area contributed by atoms with Crippen LogP contribution in [0.1, 0.15) is 6.92 Å². The van der Waals surface area contributed by atoms with Crippen LogP contribution in [0.25, 0.3) is 0 Å². The molecule has 1 rings (SSSR count). The quantitative estimate of drug-likeness (QED) is 0.593. The lowest BCUT2D eigenvalue weighted by Gasteiger charge is -2.17. The molecule has 0 aromatic carbocycles. The second-order valence-corrected chi connectivity index (χ2v) is 4.48. The molecular weight excluding hydrogens is 166 g/mol. The number of rotatable bonds is 1. The summed E-state index contributed by atoms with van der Waals surface area (Å²) < 4.78 is 27.4. The average molecular weight is 177 g/mol. The van der Waals surface area contributed by atoms with Crippen molar-refractivity contribution in [2.45, 2.75) is 6.92 Å². The molecule has 0 aromatic rings. The molecule has 0 saturated carbocycles. The van der Waals surface area contributed by atoms with Gasteiger partial charge in [0.2, 0.25) is 0 Å². The monoisotopic (exact) mass is 177 g/mol. The lowest BCUT2D eigenvalue weighted by atomic mass is 10.4. The van der Waals surface area contributed by atoms with Crippen LogP contribution in [0.5, 0.6) is 0 Å². The highest BCUT2D eigenvalue weighted by Gasteiger charge is 2.24.